The van der Waals surface area contributed by atoms with E-state index in [-0.39, 0.29) is 0 Å². The summed E-state index contributed by atoms with van der Waals surface area (Å²) in [7, 11) is 0. The number of alkyl halides is 6. The van der Waals surface area contributed by atoms with Crippen molar-refractivity contribution in [1.82, 2.24) is 0 Å². The van der Waals surface area contributed by atoms with Gasteiger partial charge in [-0.05, 0) is 0 Å². The van der Waals surface area contributed by atoms with E-state index in [2.05, 4.69) is 11.6 Å². The van der Waals surface area contributed by atoms with Crippen LogP contribution in [0.3, 0.4) is 0 Å². The van der Waals surface area contributed by atoms with Crippen molar-refractivity contribution >= 4 is 23.2 Å². The highest BCUT2D eigenvalue weighted by atomic mass is 35.5. The number of rotatable bonds is 2. The van der Waals surface area contributed by atoms with E-state index in [0.29, 0.717) is 0 Å². The van der Waals surface area contributed by atoms with Crippen LogP contribution in [-0.2, 0) is 0 Å². The van der Waals surface area contributed by atoms with Crippen molar-refractivity contribution in [2.45, 2.75) is 17.7 Å². The smallest absolute Gasteiger partial charge is 0.225 e. The highest BCUT2D eigenvalue weighted by Gasteiger charge is 2.41. The number of halogens is 6. The predicted molar refractivity (Wildman–Crippen MR) is 31.1 cm³/mol. The maximum atomic E-state index is 12.2. The quantitative estimate of drug-likeness (QED) is 0.473. The van der Waals surface area contributed by atoms with Gasteiger partial charge >= 0.3 is 6.18 Å². The lowest BCUT2D eigenvalue weighted by Gasteiger charge is -2.15. The molecule has 0 saturated heterocycles. The van der Waals surface area contributed by atoms with Crippen molar-refractivity contribution in [2.75, 3.05) is 5.88 Å². The van der Waals surface area contributed by atoms with Crippen LogP contribution in [0.1, 0.15) is 6.42 Å². The van der Waals surface area contributed by atoms with Crippen LogP contribution in [0.15, 0.2) is 0 Å². The Balaban J connectivity index is 3.89. The van der Waals surface area contributed by atoms with Gasteiger partial charge in [-0.25, -0.2) is 4.39 Å². The van der Waals surface area contributed by atoms with E-state index in [1.807, 2.05) is 0 Å². The summed E-state index contributed by atoms with van der Waals surface area (Å²) in [5.74, 6) is -0.867. The summed E-state index contributed by atoms with van der Waals surface area (Å²) in [4.78, 5) is 0. The summed E-state index contributed by atoms with van der Waals surface area (Å²) in [6.07, 6.45) is -6.32. The van der Waals surface area contributed by atoms with Gasteiger partial charge in [0.25, 0.3) is 0 Å². The highest BCUT2D eigenvalue weighted by molar-refractivity contribution is 6.29. The molecule has 0 amide bonds. The minimum absolute atomic E-state index is 0.867. The Morgan fingerprint density at radius 2 is 1.50 bits per heavy atom. The van der Waals surface area contributed by atoms with Gasteiger partial charge in [0.1, 0.15) is 0 Å². The van der Waals surface area contributed by atoms with E-state index < -0.39 is 23.6 Å². The summed E-state index contributed by atoms with van der Waals surface area (Å²) in [5.41, 5.74) is 0. The molecule has 0 nitrogen and oxygen atoms in total. The third-order valence-electron chi connectivity index (χ3n) is 0.655. The molecule has 10 heavy (non-hydrogen) atoms. The Morgan fingerprint density at radius 3 is 1.60 bits per heavy atom. The molecule has 0 radical (unpaired) electrons. The fourth-order valence-corrected chi connectivity index (χ4v) is 0.587. The highest BCUT2D eigenvalue weighted by Crippen LogP contribution is 2.33. The van der Waals surface area contributed by atoms with Gasteiger partial charge in [0.05, 0.1) is 12.3 Å². The van der Waals surface area contributed by atoms with Gasteiger partial charge in [0.15, 0.2) is 0 Å². The lowest BCUT2D eigenvalue weighted by Crippen LogP contribution is -2.25. The van der Waals surface area contributed by atoms with Gasteiger partial charge in [-0.15, -0.1) is 11.6 Å². The molecule has 0 aromatic carbocycles. The van der Waals surface area contributed by atoms with Crippen molar-refractivity contribution in [3.8, 4) is 0 Å². The molecule has 1 atom stereocenters. The van der Waals surface area contributed by atoms with Crippen LogP contribution in [-0.4, -0.2) is 17.2 Å². The van der Waals surface area contributed by atoms with Crippen LogP contribution >= 0.6 is 23.2 Å². The van der Waals surface area contributed by atoms with E-state index in [1.165, 1.54) is 0 Å². The van der Waals surface area contributed by atoms with Gasteiger partial charge in [-0.1, -0.05) is 11.6 Å². The standard InChI is InChI=1S/C4H4Cl2F4/c5-2-3(6,7)1-4(8,9)10/h1-2H2/t3-/m0/s1. The first-order valence-corrected chi connectivity index (χ1v) is 3.19. The molecule has 0 spiro atoms. The molecule has 6 heteroatoms. The molecule has 0 aliphatic heterocycles. The summed E-state index contributed by atoms with van der Waals surface area (Å²) in [6.45, 7) is 0. The van der Waals surface area contributed by atoms with Crippen molar-refractivity contribution in [3.05, 3.63) is 0 Å². The molecule has 62 valence electrons. The first-order valence-electron chi connectivity index (χ1n) is 2.27. The maximum Gasteiger partial charge on any atom is 0.393 e. The van der Waals surface area contributed by atoms with Gasteiger partial charge in [0.2, 0.25) is 5.13 Å². The van der Waals surface area contributed by atoms with Crippen LogP contribution in [0.5, 0.6) is 0 Å². The molecule has 0 unspecified atom stereocenters. The summed E-state index contributed by atoms with van der Waals surface area (Å²) in [5, 5.41) is -2.86. The van der Waals surface area contributed by atoms with E-state index in [4.69, 9.17) is 11.6 Å². The molecule has 0 aromatic heterocycles. The largest absolute Gasteiger partial charge is 0.393 e. The second-order valence-corrected chi connectivity index (χ2v) is 2.73. The predicted octanol–water partition coefficient (Wildman–Crippen LogP) is 3.08. The van der Waals surface area contributed by atoms with E-state index in [1.54, 1.807) is 0 Å². The topological polar surface area (TPSA) is 0 Å². The lowest BCUT2D eigenvalue weighted by atomic mass is 10.3. The normalized spacial score (nSPS) is 18.6. The Hall–Kier alpha value is 0.300. The minimum Gasteiger partial charge on any atom is -0.225 e. The molecule has 0 heterocycles. The van der Waals surface area contributed by atoms with Crippen molar-refractivity contribution in [2.24, 2.45) is 0 Å². The number of hydrogen-bond donors (Lipinski definition) is 0. The monoisotopic (exact) mass is 198 g/mol. The van der Waals surface area contributed by atoms with Crippen molar-refractivity contribution < 1.29 is 17.6 Å². The SMILES string of the molecule is FC(F)(F)C[C@@](F)(Cl)CCl. The Kier molecular flexibility index (Phi) is 3.23. The van der Waals surface area contributed by atoms with Crippen molar-refractivity contribution in [3.63, 3.8) is 0 Å². The molecular weight excluding hydrogens is 195 g/mol. The first-order chi connectivity index (χ1) is 4.27. The summed E-state index contributed by atoms with van der Waals surface area (Å²) >= 11 is 9.48. The lowest BCUT2D eigenvalue weighted by molar-refractivity contribution is -0.148. The average Bonchev–Trinajstić information content (AvgIpc) is 1.60. The maximum absolute atomic E-state index is 12.2. The number of hydrogen-bond acceptors (Lipinski definition) is 0. The zero-order valence-corrected chi connectivity index (χ0v) is 6.19. The van der Waals surface area contributed by atoms with Crippen LogP contribution < -0.4 is 0 Å². The molecule has 0 saturated carbocycles. The van der Waals surface area contributed by atoms with Gasteiger partial charge in [-0.3, -0.25) is 0 Å². The van der Waals surface area contributed by atoms with Crippen molar-refractivity contribution in [1.29, 1.82) is 0 Å². The molecule has 0 aliphatic rings. The Morgan fingerprint density at radius 1 is 1.10 bits per heavy atom. The van der Waals surface area contributed by atoms with Crippen LogP contribution in [0.4, 0.5) is 17.6 Å². The van der Waals surface area contributed by atoms with E-state index in [0.717, 1.165) is 0 Å². The van der Waals surface area contributed by atoms with Crippen LogP contribution in [0.2, 0.25) is 0 Å². The Labute approximate surface area is 65.1 Å². The summed E-state index contributed by atoms with van der Waals surface area (Å²) in [6, 6.07) is 0. The first kappa shape index (κ1) is 10.3. The fraction of sp³-hybridized carbons (Fsp3) is 1.00. The van der Waals surface area contributed by atoms with E-state index >= 15 is 0 Å². The molecular formula is C4H4Cl2F4. The van der Waals surface area contributed by atoms with Gasteiger partial charge in [-0.2, -0.15) is 13.2 Å². The van der Waals surface area contributed by atoms with Crippen LogP contribution in [0.25, 0.3) is 0 Å². The van der Waals surface area contributed by atoms with Crippen LogP contribution in [0, 0.1) is 0 Å². The fourth-order valence-electron chi connectivity index (χ4n) is 0.341. The third-order valence-corrected chi connectivity index (χ3v) is 1.48. The summed E-state index contributed by atoms with van der Waals surface area (Å²) < 4.78 is 46.3. The van der Waals surface area contributed by atoms with E-state index in [9.17, 15) is 17.6 Å². The van der Waals surface area contributed by atoms with Gasteiger partial charge in [0, 0.05) is 0 Å². The molecule has 0 N–H and O–H groups in total. The second kappa shape index (κ2) is 3.13. The third kappa shape index (κ3) is 5.11. The molecule has 0 fully saturated rings. The Bertz CT molecular complexity index is 108. The van der Waals surface area contributed by atoms with Gasteiger partial charge < -0.3 is 0 Å². The molecule has 0 bridgehead atoms. The zero-order valence-electron chi connectivity index (χ0n) is 4.68. The minimum atomic E-state index is -4.61. The zero-order chi connectivity index (χ0) is 8.41. The second-order valence-electron chi connectivity index (χ2n) is 1.78. The molecule has 0 aliphatic carbocycles. The average molecular weight is 199 g/mol. The molecule has 0 aromatic rings. The molecule has 0 rings (SSSR count).